The van der Waals surface area contributed by atoms with Gasteiger partial charge in [-0.25, -0.2) is 0 Å². The fourth-order valence-electron chi connectivity index (χ4n) is 0.773. The lowest BCUT2D eigenvalue weighted by Crippen LogP contribution is -2.54. The summed E-state index contributed by atoms with van der Waals surface area (Å²) in [5, 5.41) is 35.7. The second-order valence-corrected chi connectivity index (χ2v) is 2.54. The SMILES string of the molecule is C[C@@]1(O)OC[C@H](O)C1(O)O. The maximum Gasteiger partial charge on any atom is 0.247 e. The summed E-state index contributed by atoms with van der Waals surface area (Å²) in [6.45, 7) is 0.795. The van der Waals surface area contributed by atoms with Gasteiger partial charge in [0.25, 0.3) is 0 Å². The molecule has 0 aromatic rings. The van der Waals surface area contributed by atoms with Crippen LogP contribution in [0.5, 0.6) is 0 Å². The minimum atomic E-state index is -2.56. The van der Waals surface area contributed by atoms with Crippen LogP contribution in [-0.4, -0.2) is 44.7 Å². The second-order valence-electron chi connectivity index (χ2n) is 2.54. The van der Waals surface area contributed by atoms with Gasteiger partial charge in [0.15, 0.2) is 0 Å². The highest BCUT2D eigenvalue weighted by Gasteiger charge is 2.57. The standard InChI is InChI=1S/C5H10O5/c1-4(7)5(8,9)3(6)2-10-4/h3,6-9H,2H2,1H3/t3-,4+/m0/s1. The molecule has 1 aliphatic heterocycles. The van der Waals surface area contributed by atoms with Crippen molar-refractivity contribution in [3.05, 3.63) is 0 Å². The molecule has 0 amide bonds. The van der Waals surface area contributed by atoms with Gasteiger partial charge in [0.1, 0.15) is 6.10 Å². The van der Waals surface area contributed by atoms with Gasteiger partial charge < -0.3 is 25.2 Å². The number of hydrogen-bond acceptors (Lipinski definition) is 5. The molecular formula is C5H10O5. The molecular weight excluding hydrogens is 140 g/mol. The molecule has 1 rings (SSSR count). The Balaban J connectivity index is 2.84. The Bertz CT molecular complexity index is 141. The molecule has 5 nitrogen and oxygen atoms in total. The van der Waals surface area contributed by atoms with E-state index in [1.165, 1.54) is 0 Å². The van der Waals surface area contributed by atoms with Crippen LogP contribution in [0.2, 0.25) is 0 Å². The summed E-state index contributed by atoms with van der Waals surface area (Å²) in [5.74, 6) is -4.64. The van der Waals surface area contributed by atoms with Gasteiger partial charge in [-0.2, -0.15) is 0 Å². The molecule has 0 bridgehead atoms. The zero-order valence-corrected chi connectivity index (χ0v) is 5.48. The number of hydrogen-bond donors (Lipinski definition) is 4. The average molecular weight is 150 g/mol. The van der Waals surface area contributed by atoms with E-state index >= 15 is 0 Å². The molecule has 1 aliphatic rings. The van der Waals surface area contributed by atoms with Crippen LogP contribution >= 0.6 is 0 Å². The van der Waals surface area contributed by atoms with Crippen LogP contribution in [0.3, 0.4) is 0 Å². The van der Waals surface area contributed by atoms with E-state index in [4.69, 9.17) is 20.4 Å². The highest BCUT2D eigenvalue weighted by molar-refractivity contribution is 4.92. The Hall–Kier alpha value is -0.200. The van der Waals surface area contributed by atoms with E-state index in [9.17, 15) is 0 Å². The Morgan fingerprint density at radius 3 is 2.00 bits per heavy atom. The quantitative estimate of drug-likeness (QED) is 0.293. The van der Waals surface area contributed by atoms with Crippen molar-refractivity contribution in [2.24, 2.45) is 0 Å². The van der Waals surface area contributed by atoms with E-state index in [-0.39, 0.29) is 6.61 Å². The van der Waals surface area contributed by atoms with Crippen molar-refractivity contribution in [2.75, 3.05) is 6.61 Å². The van der Waals surface area contributed by atoms with E-state index in [0.29, 0.717) is 0 Å². The van der Waals surface area contributed by atoms with Gasteiger partial charge >= 0.3 is 0 Å². The Morgan fingerprint density at radius 2 is 1.90 bits per heavy atom. The number of aliphatic hydroxyl groups excluding tert-OH is 1. The van der Waals surface area contributed by atoms with Gasteiger partial charge in [-0.15, -0.1) is 0 Å². The third kappa shape index (κ3) is 0.834. The van der Waals surface area contributed by atoms with Crippen LogP contribution in [-0.2, 0) is 4.74 Å². The van der Waals surface area contributed by atoms with Crippen molar-refractivity contribution in [2.45, 2.75) is 24.6 Å². The molecule has 0 saturated carbocycles. The van der Waals surface area contributed by atoms with Crippen molar-refractivity contribution < 1.29 is 25.2 Å². The molecule has 0 unspecified atom stereocenters. The zero-order valence-electron chi connectivity index (χ0n) is 5.48. The first kappa shape index (κ1) is 7.90. The molecule has 60 valence electrons. The molecule has 1 saturated heterocycles. The van der Waals surface area contributed by atoms with E-state index in [1.54, 1.807) is 0 Å². The smallest absolute Gasteiger partial charge is 0.247 e. The Morgan fingerprint density at radius 1 is 1.40 bits per heavy atom. The average Bonchev–Trinajstić information content (AvgIpc) is 1.94. The van der Waals surface area contributed by atoms with Crippen LogP contribution in [0.4, 0.5) is 0 Å². The van der Waals surface area contributed by atoms with Crippen molar-refractivity contribution in [1.29, 1.82) is 0 Å². The first-order chi connectivity index (χ1) is 4.38. The van der Waals surface area contributed by atoms with Crippen molar-refractivity contribution in [3.8, 4) is 0 Å². The maximum atomic E-state index is 9.01. The molecule has 0 aromatic carbocycles. The second kappa shape index (κ2) is 1.90. The van der Waals surface area contributed by atoms with Crippen molar-refractivity contribution >= 4 is 0 Å². The summed E-state index contributed by atoms with van der Waals surface area (Å²) in [6.07, 6.45) is -1.46. The lowest BCUT2D eigenvalue weighted by molar-refractivity contribution is -0.335. The van der Waals surface area contributed by atoms with Crippen LogP contribution in [0, 0.1) is 0 Å². The van der Waals surface area contributed by atoms with Gasteiger partial charge in [0.2, 0.25) is 11.6 Å². The number of rotatable bonds is 0. The molecule has 0 aliphatic carbocycles. The molecule has 10 heavy (non-hydrogen) atoms. The molecule has 5 heteroatoms. The third-order valence-corrected chi connectivity index (χ3v) is 1.67. The highest BCUT2D eigenvalue weighted by Crippen LogP contribution is 2.31. The van der Waals surface area contributed by atoms with Crippen molar-refractivity contribution in [3.63, 3.8) is 0 Å². The molecule has 4 N–H and O–H groups in total. The molecule has 1 heterocycles. The van der Waals surface area contributed by atoms with E-state index < -0.39 is 17.7 Å². The predicted octanol–water partition coefficient (Wildman–Crippen LogP) is -2.23. The molecule has 2 atom stereocenters. The predicted molar refractivity (Wildman–Crippen MR) is 29.8 cm³/mol. The number of aliphatic hydroxyl groups is 4. The lowest BCUT2D eigenvalue weighted by Gasteiger charge is -2.28. The summed E-state index contributed by atoms with van der Waals surface area (Å²) in [4.78, 5) is 0. The minimum absolute atomic E-state index is 0.278. The summed E-state index contributed by atoms with van der Waals surface area (Å²) >= 11 is 0. The van der Waals surface area contributed by atoms with Crippen LogP contribution < -0.4 is 0 Å². The van der Waals surface area contributed by atoms with Gasteiger partial charge in [-0.1, -0.05) is 0 Å². The summed E-state index contributed by atoms with van der Waals surface area (Å²) in [5.41, 5.74) is 0. The largest absolute Gasteiger partial charge is 0.385 e. The van der Waals surface area contributed by atoms with Crippen LogP contribution in [0.25, 0.3) is 0 Å². The highest BCUT2D eigenvalue weighted by atomic mass is 16.7. The number of ether oxygens (including phenoxy) is 1. The maximum absolute atomic E-state index is 9.01. The first-order valence-electron chi connectivity index (χ1n) is 2.87. The Kier molecular flexibility index (Phi) is 1.50. The molecule has 1 fully saturated rings. The summed E-state index contributed by atoms with van der Waals surface area (Å²) in [6, 6.07) is 0. The van der Waals surface area contributed by atoms with Gasteiger partial charge in [-0.05, 0) is 6.92 Å². The van der Waals surface area contributed by atoms with E-state index in [1.807, 2.05) is 0 Å². The first-order valence-corrected chi connectivity index (χ1v) is 2.87. The molecule has 0 aromatic heterocycles. The van der Waals surface area contributed by atoms with Crippen molar-refractivity contribution in [1.82, 2.24) is 0 Å². The summed E-state index contributed by atoms with van der Waals surface area (Å²) in [7, 11) is 0. The molecule has 0 spiro atoms. The van der Waals surface area contributed by atoms with Gasteiger partial charge in [0, 0.05) is 0 Å². The lowest BCUT2D eigenvalue weighted by atomic mass is 10.1. The topological polar surface area (TPSA) is 90.2 Å². The monoisotopic (exact) mass is 150 g/mol. The van der Waals surface area contributed by atoms with E-state index in [0.717, 1.165) is 6.92 Å². The fourth-order valence-corrected chi connectivity index (χ4v) is 0.773. The fraction of sp³-hybridized carbons (Fsp3) is 1.00. The normalized spacial score (nSPS) is 45.9. The zero-order chi connectivity index (χ0) is 7.99. The Labute approximate surface area is 57.5 Å². The minimum Gasteiger partial charge on any atom is -0.385 e. The third-order valence-electron chi connectivity index (χ3n) is 1.67. The summed E-state index contributed by atoms with van der Waals surface area (Å²) < 4.78 is 4.47. The molecule has 0 radical (unpaired) electrons. The van der Waals surface area contributed by atoms with Gasteiger partial charge in [-0.3, -0.25) is 0 Å². The van der Waals surface area contributed by atoms with Crippen LogP contribution in [0.1, 0.15) is 6.92 Å². The van der Waals surface area contributed by atoms with Crippen LogP contribution in [0.15, 0.2) is 0 Å². The van der Waals surface area contributed by atoms with Gasteiger partial charge in [0.05, 0.1) is 6.61 Å². The van der Waals surface area contributed by atoms with E-state index in [2.05, 4.69) is 4.74 Å².